The standard InChI is InChI=1S/C11H11NO3/c13-8-3-4-10(11(14)6-8)12-7-9-2-1-5-15-9/h1-6,12-14H,7H2. The maximum atomic E-state index is 9.47. The van der Waals surface area contributed by atoms with Gasteiger partial charge in [-0.3, -0.25) is 0 Å². The molecule has 1 aromatic carbocycles. The highest BCUT2D eigenvalue weighted by Gasteiger charge is 2.02. The van der Waals surface area contributed by atoms with Gasteiger partial charge in [-0.2, -0.15) is 0 Å². The molecule has 1 heterocycles. The summed E-state index contributed by atoms with van der Waals surface area (Å²) in [4.78, 5) is 0. The van der Waals surface area contributed by atoms with E-state index in [0.29, 0.717) is 12.2 Å². The lowest BCUT2D eigenvalue weighted by Crippen LogP contribution is -1.97. The summed E-state index contributed by atoms with van der Waals surface area (Å²) in [7, 11) is 0. The molecule has 3 N–H and O–H groups in total. The van der Waals surface area contributed by atoms with Crippen LogP contribution < -0.4 is 5.32 Å². The molecule has 0 amide bonds. The van der Waals surface area contributed by atoms with Crippen LogP contribution in [-0.2, 0) is 6.54 Å². The van der Waals surface area contributed by atoms with E-state index in [-0.39, 0.29) is 11.5 Å². The van der Waals surface area contributed by atoms with Crippen LogP contribution in [0.4, 0.5) is 5.69 Å². The number of rotatable bonds is 3. The molecule has 15 heavy (non-hydrogen) atoms. The highest BCUT2D eigenvalue weighted by Crippen LogP contribution is 2.27. The normalized spacial score (nSPS) is 10.1. The second-order valence-corrected chi connectivity index (χ2v) is 3.13. The average Bonchev–Trinajstić information content (AvgIpc) is 2.69. The minimum absolute atomic E-state index is 0.0153. The molecule has 0 spiro atoms. The van der Waals surface area contributed by atoms with Crippen molar-refractivity contribution >= 4 is 5.69 Å². The Labute approximate surface area is 86.8 Å². The maximum absolute atomic E-state index is 9.47. The molecular formula is C11H11NO3. The van der Waals surface area contributed by atoms with Crippen LogP contribution in [0.3, 0.4) is 0 Å². The zero-order chi connectivity index (χ0) is 10.7. The molecule has 0 atom stereocenters. The number of phenolic OH excluding ortho intramolecular Hbond substituents is 2. The topological polar surface area (TPSA) is 65.6 Å². The van der Waals surface area contributed by atoms with Crippen molar-refractivity contribution in [2.24, 2.45) is 0 Å². The summed E-state index contributed by atoms with van der Waals surface area (Å²) in [6.07, 6.45) is 1.59. The molecule has 0 aliphatic rings. The third-order valence-corrected chi connectivity index (χ3v) is 2.01. The van der Waals surface area contributed by atoms with Crippen molar-refractivity contribution < 1.29 is 14.6 Å². The molecule has 0 bridgehead atoms. The molecule has 0 aliphatic carbocycles. The molecule has 4 nitrogen and oxygen atoms in total. The van der Waals surface area contributed by atoms with Crippen LogP contribution in [0.1, 0.15) is 5.76 Å². The lowest BCUT2D eigenvalue weighted by atomic mass is 10.2. The van der Waals surface area contributed by atoms with Crippen molar-refractivity contribution in [1.29, 1.82) is 0 Å². The SMILES string of the molecule is Oc1ccc(NCc2ccco2)c(O)c1. The van der Waals surface area contributed by atoms with Gasteiger partial charge in [0.2, 0.25) is 0 Å². The van der Waals surface area contributed by atoms with Gasteiger partial charge in [-0.15, -0.1) is 0 Å². The van der Waals surface area contributed by atoms with Gasteiger partial charge in [-0.1, -0.05) is 0 Å². The summed E-state index contributed by atoms with van der Waals surface area (Å²) in [5.74, 6) is 0.833. The molecular weight excluding hydrogens is 194 g/mol. The molecule has 78 valence electrons. The number of aromatic hydroxyl groups is 2. The van der Waals surface area contributed by atoms with Gasteiger partial charge in [-0.25, -0.2) is 0 Å². The van der Waals surface area contributed by atoms with E-state index in [4.69, 9.17) is 9.52 Å². The summed E-state index contributed by atoms with van der Waals surface area (Å²) in [6.45, 7) is 0.491. The quantitative estimate of drug-likeness (QED) is 0.531. The van der Waals surface area contributed by atoms with Crippen molar-refractivity contribution in [3.8, 4) is 11.5 Å². The van der Waals surface area contributed by atoms with E-state index in [0.717, 1.165) is 5.76 Å². The molecule has 0 saturated heterocycles. The van der Waals surface area contributed by atoms with Gasteiger partial charge >= 0.3 is 0 Å². The van der Waals surface area contributed by atoms with Crippen LogP contribution in [-0.4, -0.2) is 10.2 Å². The first-order valence-electron chi connectivity index (χ1n) is 4.54. The largest absolute Gasteiger partial charge is 0.508 e. The van der Waals surface area contributed by atoms with Gasteiger partial charge in [0.25, 0.3) is 0 Å². The molecule has 0 aliphatic heterocycles. The van der Waals surface area contributed by atoms with Gasteiger partial charge in [0.05, 0.1) is 18.5 Å². The monoisotopic (exact) mass is 205 g/mol. The van der Waals surface area contributed by atoms with Crippen LogP contribution in [0.25, 0.3) is 0 Å². The van der Waals surface area contributed by atoms with Gasteiger partial charge in [0.15, 0.2) is 0 Å². The lowest BCUT2D eigenvalue weighted by molar-refractivity contribution is 0.451. The number of hydrogen-bond donors (Lipinski definition) is 3. The second-order valence-electron chi connectivity index (χ2n) is 3.13. The highest BCUT2D eigenvalue weighted by molar-refractivity contribution is 5.58. The van der Waals surface area contributed by atoms with E-state index in [9.17, 15) is 5.11 Å². The van der Waals surface area contributed by atoms with E-state index in [1.165, 1.54) is 12.1 Å². The Morgan fingerprint density at radius 2 is 2.07 bits per heavy atom. The Bertz CT molecular complexity index is 437. The molecule has 1 aromatic heterocycles. The van der Waals surface area contributed by atoms with Gasteiger partial charge in [0.1, 0.15) is 17.3 Å². The van der Waals surface area contributed by atoms with E-state index in [2.05, 4.69) is 5.32 Å². The van der Waals surface area contributed by atoms with Crippen LogP contribution >= 0.6 is 0 Å². The van der Waals surface area contributed by atoms with Gasteiger partial charge in [0, 0.05) is 6.07 Å². The predicted molar refractivity (Wildman–Crippen MR) is 55.8 cm³/mol. The van der Waals surface area contributed by atoms with E-state index in [1.807, 2.05) is 6.07 Å². The first-order chi connectivity index (χ1) is 7.25. The minimum Gasteiger partial charge on any atom is -0.508 e. The summed E-state index contributed by atoms with van der Waals surface area (Å²) in [6, 6.07) is 8.03. The Morgan fingerprint density at radius 3 is 2.73 bits per heavy atom. The Morgan fingerprint density at radius 1 is 1.20 bits per heavy atom. The van der Waals surface area contributed by atoms with Crippen molar-refractivity contribution in [2.45, 2.75) is 6.54 Å². The first kappa shape index (κ1) is 9.45. The number of benzene rings is 1. The minimum atomic E-state index is 0.0153. The number of hydrogen-bond acceptors (Lipinski definition) is 4. The molecule has 2 rings (SSSR count). The predicted octanol–water partition coefficient (Wildman–Crippen LogP) is 2.30. The summed E-state index contributed by atoms with van der Waals surface area (Å²) >= 11 is 0. The molecule has 0 saturated carbocycles. The number of phenols is 2. The van der Waals surface area contributed by atoms with Crippen molar-refractivity contribution in [2.75, 3.05) is 5.32 Å². The van der Waals surface area contributed by atoms with Crippen molar-refractivity contribution in [3.63, 3.8) is 0 Å². The Hall–Kier alpha value is -2.10. The van der Waals surface area contributed by atoms with Crippen molar-refractivity contribution in [3.05, 3.63) is 42.4 Å². The lowest BCUT2D eigenvalue weighted by Gasteiger charge is -2.06. The first-order valence-corrected chi connectivity index (χ1v) is 4.54. The smallest absolute Gasteiger partial charge is 0.142 e. The van der Waals surface area contributed by atoms with Crippen LogP contribution in [0.2, 0.25) is 0 Å². The van der Waals surface area contributed by atoms with Gasteiger partial charge < -0.3 is 19.9 Å². The number of nitrogens with one attached hydrogen (secondary N) is 1. The fourth-order valence-corrected chi connectivity index (χ4v) is 1.27. The average molecular weight is 205 g/mol. The molecule has 2 aromatic rings. The maximum Gasteiger partial charge on any atom is 0.142 e. The zero-order valence-electron chi connectivity index (χ0n) is 7.97. The summed E-state index contributed by atoms with van der Waals surface area (Å²) in [5, 5.41) is 21.5. The third kappa shape index (κ3) is 2.22. The number of anilines is 1. The molecule has 0 unspecified atom stereocenters. The Balaban J connectivity index is 2.05. The van der Waals surface area contributed by atoms with Gasteiger partial charge in [-0.05, 0) is 24.3 Å². The molecule has 0 fully saturated rings. The Kier molecular flexibility index (Phi) is 2.49. The van der Waals surface area contributed by atoms with Crippen molar-refractivity contribution in [1.82, 2.24) is 0 Å². The van der Waals surface area contributed by atoms with E-state index < -0.39 is 0 Å². The van der Waals surface area contributed by atoms with E-state index in [1.54, 1.807) is 18.4 Å². The zero-order valence-corrected chi connectivity index (χ0v) is 7.97. The summed E-state index contributed by atoms with van der Waals surface area (Å²) < 4.78 is 5.13. The van der Waals surface area contributed by atoms with Crippen LogP contribution in [0.5, 0.6) is 11.5 Å². The van der Waals surface area contributed by atoms with E-state index >= 15 is 0 Å². The number of furan rings is 1. The summed E-state index contributed by atoms with van der Waals surface area (Å²) in [5.41, 5.74) is 0.559. The molecule has 0 radical (unpaired) electrons. The fourth-order valence-electron chi connectivity index (χ4n) is 1.27. The third-order valence-electron chi connectivity index (χ3n) is 2.01. The van der Waals surface area contributed by atoms with Crippen LogP contribution in [0, 0.1) is 0 Å². The second kappa shape index (κ2) is 3.96. The highest BCUT2D eigenvalue weighted by atomic mass is 16.3. The fraction of sp³-hybridized carbons (Fsp3) is 0.0909. The molecule has 4 heteroatoms. The van der Waals surface area contributed by atoms with Crippen LogP contribution in [0.15, 0.2) is 41.0 Å².